The van der Waals surface area contributed by atoms with Gasteiger partial charge in [-0.3, -0.25) is 9.59 Å². The summed E-state index contributed by atoms with van der Waals surface area (Å²) >= 11 is 0. The molecule has 138 valence electrons. The van der Waals surface area contributed by atoms with Crippen LogP contribution >= 0.6 is 0 Å². The second kappa shape index (κ2) is 7.41. The molecule has 0 atom stereocenters. The average molecular weight is 360 g/mol. The summed E-state index contributed by atoms with van der Waals surface area (Å²) in [5, 5.41) is 1.73. The van der Waals surface area contributed by atoms with Gasteiger partial charge in [-0.2, -0.15) is 13.2 Å². The lowest BCUT2D eigenvalue weighted by Gasteiger charge is -2.33. The zero-order valence-corrected chi connectivity index (χ0v) is 13.8. The highest BCUT2D eigenvalue weighted by molar-refractivity contribution is 5.91. The number of halogens is 4. The van der Waals surface area contributed by atoms with Crippen molar-refractivity contribution in [1.82, 2.24) is 10.2 Å². The number of nitrogens with zero attached hydrogens (tertiary/aromatic N) is 1. The lowest BCUT2D eigenvalue weighted by atomic mass is 9.77. The van der Waals surface area contributed by atoms with E-state index in [2.05, 4.69) is 0 Å². The molecule has 1 fully saturated rings. The summed E-state index contributed by atoms with van der Waals surface area (Å²) in [6.45, 7) is -1.96. The number of nitrogens with one attached hydrogen (secondary N) is 1. The first kappa shape index (κ1) is 19.2. The van der Waals surface area contributed by atoms with Crippen molar-refractivity contribution in [2.24, 2.45) is 0 Å². The van der Waals surface area contributed by atoms with E-state index in [-0.39, 0.29) is 5.56 Å². The molecule has 0 radical (unpaired) electrons. The predicted octanol–water partition coefficient (Wildman–Crippen LogP) is 2.77. The van der Waals surface area contributed by atoms with Crippen LogP contribution in [0.3, 0.4) is 0 Å². The van der Waals surface area contributed by atoms with E-state index in [9.17, 15) is 27.2 Å². The number of alkyl halides is 3. The van der Waals surface area contributed by atoms with Crippen LogP contribution in [-0.2, 0) is 15.0 Å². The Morgan fingerprint density at radius 1 is 1.20 bits per heavy atom. The van der Waals surface area contributed by atoms with Gasteiger partial charge in [0.15, 0.2) is 0 Å². The van der Waals surface area contributed by atoms with Crippen molar-refractivity contribution < 1.29 is 27.2 Å². The van der Waals surface area contributed by atoms with E-state index in [4.69, 9.17) is 0 Å². The quantitative estimate of drug-likeness (QED) is 0.821. The van der Waals surface area contributed by atoms with E-state index in [0.717, 1.165) is 17.7 Å². The minimum absolute atomic E-state index is 0.278. The van der Waals surface area contributed by atoms with Crippen LogP contribution in [0.25, 0.3) is 0 Å². The molecular formula is C17H20F4N2O2. The molecule has 0 spiro atoms. The van der Waals surface area contributed by atoms with Crippen LogP contribution in [-0.4, -0.2) is 43.0 Å². The van der Waals surface area contributed by atoms with Crippen molar-refractivity contribution in [3.05, 3.63) is 35.6 Å². The summed E-state index contributed by atoms with van der Waals surface area (Å²) in [5.74, 6) is -1.85. The van der Waals surface area contributed by atoms with Gasteiger partial charge in [-0.05, 0) is 18.9 Å². The third-order valence-corrected chi connectivity index (χ3v) is 4.47. The summed E-state index contributed by atoms with van der Waals surface area (Å²) in [6.07, 6.45) is -2.14. The predicted molar refractivity (Wildman–Crippen MR) is 83.2 cm³/mol. The zero-order chi connectivity index (χ0) is 18.7. The first-order chi connectivity index (χ1) is 11.7. The third-order valence-electron chi connectivity index (χ3n) is 4.47. The molecule has 1 aromatic rings. The van der Waals surface area contributed by atoms with Crippen LogP contribution in [0.5, 0.6) is 0 Å². The fraction of sp³-hybridized carbons (Fsp3) is 0.529. The Balaban J connectivity index is 2.13. The number of carbonyl (C=O) groups excluding carboxylic acids is 2. The van der Waals surface area contributed by atoms with Gasteiger partial charge < -0.3 is 10.2 Å². The molecule has 1 saturated carbocycles. The molecule has 0 unspecified atom stereocenters. The van der Waals surface area contributed by atoms with Crippen molar-refractivity contribution in [1.29, 1.82) is 0 Å². The molecule has 4 nitrogen and oxygen atoms in total. The topological polar surface area (TPSA) is 49.4 Å². The number of amides is 2. The first-order valence-electron chi connectivity index (χ1n) is 8.00. The standard InChI is InChI=1S/C17H20F4N2O2/c1-23(10-14(24)22-11-17(19,20)21)15(25)16(8-4-5-9-16)12-6-2-3-7-13(12)18/h2-3,6-7H,4-5,8-11H2,1H3,(H,22,24). The van der Waals surface area contributed by atoms with Crippen LogP contribution in [0, 0.1) is 5.82 Å². The van der Waals surface area contributed by atoms with Gasteiger partial charge in [0.05, 0.1) is 12.0 Å². The monoisotopic (exact) mass is 360 g/mol. The number of hydrogen-bond acceptors (Lipinski definition) is 2. The molecule has 0 aliphatic heterocycles. The lowest BCUT2D eigenvalue weighted by molar-refractivity contribution is -0.143. The Bertz CT molecular complexity index is 640. The Morgan fingerprint density at radius 2 is 1.80 bits per heavy atom. The van der Waals surface area contributed by atoms with E-state index in [1.807, 2.05) is 0 Å². The summed E-state index contributed by atoms with van der Waals surface area (Å²) < 4.78 is 50.7. The molecule has 1 aliphatic carbocycles. The normalized spacial score (nSPS) is 16.5. The number of rotatable bonds is 5. The largest absolute Gasteiger partial charge is 0.405 e. The van der Waals surface area contributed by atoms with Gasteiger partial charge >= 0.3 is 6.18 Å². The molecule has 0 aromatic heterocycles. The van der Waals surface area contributed by atoms with Crippen molar-refractivity contribution in [2.45, 2.75) is 37.3 Å². The summed E-state index contributed by atoms with van der Waals surface area (Å²) in [7, 11) is 1.34. The molecule has 1 aromatic carbocycles. The molecule has 25 heavy (non-hydrogen) atoms. The molecule has 8 heteroatoms. The minimum Gasteiger partial charge on any atom is -0.345 e. The second-order valence-electron chi connectivity index (χ2n) is 6.32. The van der Waals surface area contributed by atoms with Gasteiger partial charge in [-0.25, -0.2) is 4.39 Å². The summed E-state index contributed by atoms with van der Waals surface area (Å²) in [5.41, 5.74) is -0.787. The summed E-state index contributed by atoms with van der Waals surface area (Å²) in [6, 6.07) is 6.00. The number of hydrogen-bond donors (Lipinski definition) is 1. The van der Waals surface area contributed by atoms with Crippen LogP contribution in [0.15, 0.2) is 24.3 Å². The fourth-order valence-electron chi connectivity index (χ4n) is 3.33. The minimum atomic E-state index is -4.52. The molecule has 2 rings (SSSR count). The smallest absolute Gasteiger partial charge is 0.345 e. The maximum Gasteiger partial charge on any atom is 0.405 e. The molecule has 1 aliphatic rings. The van der Waals surface area contributed by atoms with E-state index in [1.54, 1.807) is 17.4 Å². The van der Waals surface area contributed by atoms with Crippen molar-refractivity contribution in [3.63, 3.8) is 0 Å². The van der Waals surface area contributed by atoms with E-state index in [0.29, 0.717) is 12.8 Å². The Labute approximate surface area is 143 Å². The highest BCUT2D eigenvalue weighted by Crippen LogP contribution is 2.43. The van der Waals surface area contributed by atoms with E-state index in [1.165, 1.54) is 19.2 Å². The lowest BCUT2D eigenvalue weighted by Crippen LogP contribution is -2.48. The van der Waals surface area contributed by atoms with E-state index < -0.39 is 42.3 Å². The van der Waals surface area contributed by atoms with Gasteiger partial charge in [0, 0.05) is 12.6 Å². The highest BCUT2D eigenvalue weighted by Gasteiger charge is 2.46. The Kier molecular flexibility index (Phi) is 5.69. The van der Waals surface area contributed by atoms with Crippen LogP contribution in [0.1, 0.15) is 31.2 Å². The first-order valence-corrected chi connectivity index (χ1v) is 8.00. The van der Waals surface area contributed by atoms with Crippen molar-refractivity contribution in [3.8, 4) is 0 Å². The molecule has 2 amide bonds. The molecule has 0 heterocycles. The van der Waals surface area contributed by atoms with Crippen molar-refractivity contribution in [2.75, 3.05) is 20.1 Å². The fourth-order valence-corrected chi connectivity index (χ4v) is 3.33. The maximum absolute atomic E-state index is 14.2. The van der Waals surface area contributed by atoms with Crippen LogP contribution in [0.4, 0.5) is 17.6 Å². The third kappa shape index (κ3) is 4.49. The molecule has 1 N–H and O–H groups in total. The van der Waals surface area contributed by atoms with Crippen LogP contribution < -0.4 is 5.32 Å². The van der Waals surface area contributed by atoms with Gasteiger partial charge in [-0.1, -0.05) is 31.0 Å². The van der Waals surface area contributed by atoms with E-state index >= 15 is 0 Å². The van der Waals surface area contributed by atoms with Gasteiger partial charge in [0.25, 0.3) is 0 Å². The number of carbonyl (C=O) groups is 2. The van der Waals surface area contributed by atoms with Gasteiger partial charge in [-0.15, -0.1) is 0 Å². The van der Waals surface area contributed by atoms with Gasteiger partial charge in [0.2, 0.25) is 11.8 Å². The molecule has 0 bridgehead atoms. The molecular weight excluding hydrogens is 340 g/mol. The number of benzene rings is 1. The maximum atomic E-state index is 14.2. The van der Waals surface area contributed by atoms with Gasteiger partial charge in [0.1, 0.15) is 12.4 Å². The molecule has 0 saturated heterocycles. The zero-order valence-electron chi connectivity index (χ0n) is 13.8. The highest BCUT2D eigenvalue weighted by atomic mass is 19.4. The van der Waals surface area contributed by atoms with Crippen LogP contribution in [0.2, 0.25) is 0 Å². The van der Waals surface area contributed by atoms with Crippen molar-refractivity contribution >= 4 is 11.8 Å². The Morgan fingerprint density at radius 3 is 2.36 bits per heavy atom. The SMILES string of the molecule is CN(CC(=O)NCC(F)(F)F)C(=O)C1(c2ccccc2F)CCCC1. The Hall–Kier alpha value is -2.12. The second-order valence-corrected chi connectivity index (χ2v) is 6.32. The summed E-state index contributed by atoms with van der Waals surface area (Å²) in [4.78, 5) is 25.6. The number of likely N-dealkylation sites (N-methyl/N-ethyl adjacent to an activating group) is 1. The average Bonchev–Trinajstić information content (AvgIpc) is 3.02.